The van der Waals surface area contributed by atoms with Crippen molar-refractivity contribution in [1.82, 2.24) is 20.3 Å². The van der Waals surface area contributed by atoms with Gasteiger partial charge in [0.25, 0.3) is 0 Å². The van der Waals surface area contributed by atoms with Gasteiger partial charge in [-0.25, -0.2) is 4.79 Å². The van der Waals surface area contributed by atoms with Gasteiger partial charge in [0, 0.05) is 6.54 Å². The zero-order valence-electron chi connectivity index (χ0n) is 21.3. The topological polar surface area (TPSA) is 105 Å². The molecule has 2 aliphatic rings. The Bertz CT molecular complexity index is 887. The molecule has 1 fully saturated rings. The molecule has 0 aromatic carbocycles. The molecular formula is C25H39BrN4O5. The number of hydrogen-bond acceptors (Lipinski definition) is 8. The van der Waals surface area contributed by atoms with Crippen molar-refractivity contribution in [2.24, 2.45) is 17.8 Å². The molecule has 1 N–H and O–H groups in total. The highest BCUT2D eigenvalue weighted by molar-refractivity contribution is 9.12. The number of unbranched alkanes of at least 4 members (excludes halogenated alkanes) is 3. The van der Waals surface area contributed by atoms with Crippen LogP contribution in [0.2, 0.25) is 0 Å². The van der Waals surface area contributed by atoms with E-state index < -0.39 is 18.2 Å². The Hall–Kier alpha value is -1.94. The number of aryl methyl sites for hydroxylation is 1. The van der Waals surface area contributed by atoms with Crippen LogP contribution < -0.4 is 5.32 Å². The van der Waals surface area contributed by atoms with Crippen LogP contribution in [0.4, 0.5) is 0 Å². The predicted octanol–water partition coefficient (Wildman–Crippen LogP) is 4.46. The van der Waals surface area contributed by atoms with Crippen LogP contribution in [0.1, 0.15) is 78.3 Å². The molecule has 1 aliphatic heterocycles. The Morgan fingerprint density at radius 2 is 2.11 bits per heavy atom. The minimum absolute atomic E-state index is 0.0108. The Labute approximate surface area is 216 Å². The van der Waals surface area contributed by atoms with Crippen LogP contribution in [-0.4, -0.2) is 45.9 Å². The molecule has 0 spiro atoms. The van der Waals surface area contributed by atoms with Crippen molar-refractivity contribution in [3.63, 3.8) is 0 Å². The molecular weight excluding hydrogens is 516 g/mol. The first-order valence-electron chi connectivity index (χ1n) is 12.8. The van der Waals surface area contributed by atoms with Crippen LogP contribution in [0.25, 0.3) is 0 Å². The van der Waals surface area contributed by atoms with E-state index in [9.17, 15) is 9.59 Å². The second-order valence-corrected chi connectivity index (χ2v) is 10.8. The Kier molecular flexibility index (Phi) is 10.6. The van der Waals surface area contributed by atoms with Gasteiger partial charge in [0.2, 0.25) is 6.29 Å². The van der Waals surface area contributed by atoms with E-state index in [1.54, 1.807) is 10.9 Å². The van der Waals surface area contributed by atoms with Crippen molar-refractivity contribution in [3.05, 3.63) is 22.1 Å². The van der Waals surface area contributed by atoms with Gasteiger partial charge in [-0.3, -0.25) is 9.48 Å². The van der Waals surface area contributed by atoms with Crippen LogP contribution in [-0.2, 0) is 37.0 Å². The number of cyclic esters (lactones) is 1. The second-order valence-electron chi connectivity index (χ2n) is 10.0. The Balaban J connectivity index is 1.48. The number of carbonyl (C=O) groups is 2. The largest absolute Gasteiger partial charge is 0.458 e. The minimum atomic E-state index is -0.867. The van der Waals surface area contributed by atoms with Crippen LogP contribution in [0, 0.1) is 17.8 Å². The third-order valence-electron chi connectivity index (χ3n) is 6.76. The Morgan fingerprint density at radius 1 is 1.31 bits per heavy atom. The number of halogens is 1. The van der Waals surface area contributed by atoms with Crippen LogP contribution >= 0.6 is 15.9 Å². The monoisotopic (exact) mass is 554 g/mol. The van der Waals surface area contributed by atoms with E-state index >= 15 is 0 Å². The van der Waals surface area contributed by atoms with Gasteiger partial charge in [0.05, 0.1) is 12.3 Å². The number of esters is 2. The summed E-state index contributed by atoms with van der Waals surface area (Å²) in [6.07, 6.45) is 8.71. The van der Waals surface area contributed by atoms with Gasteiger partial charge in [0.15, 0.2) is 0 Å². The second kappa shape index (κ2) is 13.4. The summed E-state index contributed by atoms with van der Waals surface area (Å²) >= 11 is 3.28. The van der Waals surface area contributed by atoms with Gasteiger partial charge >= 0.3 is 11.9 Å². The quantitative estimate of drug-likeness (QED) is 0.281. The van der Waals surface area contributed by atoms with E-state index in [-0.39, 0.29) is 23.7 Å². The molecule has 2 heterocycles. The number of carbonyl (C=O) groups excluding carboxylic acids is 2. The summed E-state index contributed by atoms with van der Waals surface area (Å²) in [5, 5.41) is 11.1. The molecule has 196 valence electrons. The molecule has 0 bridgehead atoms. The zero-order chi connectivity index (χ0) is 25.4. The third-order valence-corrected chi connectivity index (χ3v) is 7.51. The normalized spacial score (nSPS) is 24.7. The number of hydrogen-bond donors (Lipinski definition) is 1. The van der Waals surface area contributed by atoms with E-state index in [2.05, 4.69) is 59.3 Å². The molecule has 0 amide bonds. The lowest BCUT2D eigenvalue weighted by atomic mass is 9.75. The van der Waals surface area contributed by atoms with Crippen molar-refractivity contribution in [2.45, 2.75) is 98.2 Å². The van der Waals surface area contributed by atoms with E-state index in [4.69, 9.17) is 14.2 Å². The molecule has 1 aromatic heterocycles. The van der Waals surface area contributed by atoms with Crippen molar-refractivity contribution < 1.29 is 23.8 Å². The highest BCUT2D eigenvalue weighted by Gasteiger charge is 2.39. The standard InChI is InChI=1S/C25H39BrN4O5/c1-5-6-7-8-11-30-14-18(28-29-30)15-33-21(31)13-27-23-22(26)24(32)35-25(23)34-20-12-17(4)9-10-19(20)16(2)3/h14,16-17,19-20,25,27H,5-13,15H2,1-4H3/t17-,19+,20-,25+/m1/s1. The number of ether oxygens (including phenoxy) is 3. The SMILES string of the molecule is CCCCCCn1cc(COC(=O)CNC2=C(Br)C(=O)O[C@@H]2O[C@@H]2C[C@H](C)CC[C@H]2C(C)C)nn1. The summed E-state index contributed by atoms with van der Waals surface area (Å²) in [6, 6.07) is 0. The maximum absolute atomic E-state index is 12.3. The summed E-state index contributed by atoms with van der Waals surface area (Å²) in [7, 11) is 0. The Morgan fingerprint density at radius 3 is 2.86 bits per heavy atom. The van der Waals surface area contributed by atoms with Gasteiger partial charge < -0.3 is 19.5 Å². The molecule has 35 heavy (non-hydrogen) atoms. The van der Waals surface area contributed by atoms with Crippen LogP contribution in [0.3, 0.4) is 0 Å². The summed E-state index contributed by atoms with van der Waals surface area (Å²) in [5.74, 6) is 0.444. The highest BCUT2D eigenvalue weighted by atomic mass is 79.9. The van der Waals surface area contributed by atoms with Crippen LogP contribution in [0.15, 0.2) is 16.4 Å². The summed E-state index contributed by atoms with van der Waals surface area (Å²) < 4.78 is 19.1. The van der Waals surface area contributed by atoms with E-state index in [1.165, 1.54) is 19.3 Å². The van der Waals surface area contributed by atoms with Gasteiger partial charge in [-0.2, -0.15) is 0 Å². The van der Waals surface area contributed by atoms with Gasteiger partial charge in [-0.05, 0) is 52.9 Å². The summed E-state index contributed by atoms with van der Waals surface area (Å²) in [6.45, 7) is 9.52. The van der Waals surface area contributed by atoms with Crippen molar-refractivity contribution in [3.8, 4) is 0 Å². The number of aromatic nitrogens is 3. The lowest BCUT2D eigenvalue weighted by Crippen LogP contribution is -2.39. The van der Waals surface area contributed by atoms with Gasteiger partial charge in [-0.1, -0.05) is 58.6 Å². The number of nitrogens with zero attached hydrogens (tertiary/aromatic N) is 3. The molecule has 1 aromatic rings. The average molecular weight is 556 g/mol. The lowest BCUT2D eigenvalue weighted by molar-refractivity contribution is -0.182. The van der Waals surface area contributed by atoms with Crippen molar-refractivity contribution in [2.75, 3.05) is 6.54 Å². The maximum atomic E-state index is 12.3. The van der Waals surface area contributed by atoms with Gasteiger partial charge in [0.1, 0.15) is 29.0 Å². The number of nitrogens with one attached hydrogen (secondary N) is 1. The minimum Gasteiger partial charge on any atom is -0.458 e. The average Bonchev–Trinajstić information content (AvgIpc) is 3.38. The molecule has 3 rings (SSSR count). The fourth-order valence-corrected chi connectivity index (χ4v) is 5.12. The van der Waals surface area contributed by atoms with E-state index in [0.717, 1.165) is 32.2 Å². The summed E-state index contributed by atoms with van der Waals surface area (Å²) in [4.78, 5) is 24.6. The molecule has 0 saturated heterocycles. The first-order valence-corrected chi connectivity index (χ1v) is 13.6. The first-order chi connectivity index (χ1) is 16.8. The molecule has 4 atom stereocenters. The third kappa shape index (κ3) is 8.03. The molecule has 1 saturated carbocycles. The predicted molar refractivity (Wildman–Crippen MR) is 134 cm³/mol. The smallest absolute Gasteiger partial charge is 0.349 e. The summed E-state index contributed by atoms with van der Waals surface area (Å²) in [5.41, 5.74) is 1.02. The van der Waals surface area contributed by atoms with E-state index in [0.29, 0.717) is 29.1 Å². The molecule has 1 aliphatic carbocycles. The fourth-order valence-electron chi connectivity index (χ4n) is 4.70. The number of rotatable bonds is 13. The van der Waals surface area contributed by atoms with E-state index in [1.807, 2.05) is 0 Å². The van der Waals surface area contributed by atoms with Gasteiger partial charge in [-0.15, -0.1) is 5.10 Å². The zero-order valence-corrected chi connectivity index (χ0v) is 22.9. The fraction of sp³-hybridized carbons (Fsp3) is 0.760. The molecule has 9 nitrogen and oxygen atoms in total. The van der Waals surface area contributed by atoms with Crippen molar-refractivity contribution >= 4 is 27.9 Å². The van der Waals surface area contributed by atoms with Crippen molar-refractivity contribution in [1.29, 1.82) is 0 Å². The molecule has 0 unspecified atom stereocenters. The molecule has 10 heteroatoms. The highest BCUT2D eigenvalue weighted by Crippen LogP contribution is 2.38. The molecule has 0 radical (unpaired) electrons. The first kappa shape index (κ1) is 27.6. The lowest BCUT2D eigenvalue weighted by Gasteiger charge is -2.38. The maximum Gasteiger partial charge on any atom is 0.349 e. The van der Waals surface area contributed by atoms with Crippen LogP contribution in [0.5, 0.6) is 0 Å².